The van der Waals surface area contributed by atoms with E-state index in [1.165, 1.54) is 0 Å². The largest absolute Gasteiger partial charge is 0.490 e. The van der Waals surface area contributed by atoms with Crippen LogP contribution in [0.4, 0.5) is 0 Å². The minimum Gasteiger partial charge on any atom is -0.490 e. The minimum atomic E-state index is -1.08. The van der Waals surface area contributed by atoms with Crippen LogP contribution in [0.15, 0.2) is 36.4 Å². The van der Waals surface area contributed by atoms with Crippen molar-refractivity contribution in [2.24, 2.45) is 0 Å². The molecule has 0 aliphatic carbocycles. The molecule has 6 heteroatoms. The van der Waals surface area contributed by atoms with Gasteiger partial charge in [-0.05, 0) is 32.4 Å². The zero-order chi connectivity index (χ0) is 16.4. The van der Waals surface area contributed by atoms with Crippen molar-refractivity contribution in [3.8, 4) is 11.5 Å². The number of carbonyl (C=O) groups is 2. The topological polar surface area (TPSA) is 84.9 Å². The fourth-order valence-electron chi connectivity index (χ4n) is 1.72. The molecule has 0 aliphatic rings. The third-order valence-electron chi connectivity index (χ3n) is 2.75. The maximum absolute atomic E-state index is 11.8. The van der Waals surface area contributed by atoms with E-state index in [0.717, 1.165) is 0 Å². The summed E-state index contributed by atoms with van der Waals surface area (Å²) in [6.07, 6.45) is 3.65. The predicted molar refractivity (Wildman–Crippen MR) is 82.1 cm³/mol. The van der Waals surface area contributed by atoms with Gasteiger partial charge in [0.1, 0.15) is 6.04 Å². The van der Waals surface area contributed by atoms with Crippen molar-refractivity contribution in [1.29, 1.82) is 0 Å². The lowest BCUT2D eigenvalue weighted by atomic mass is 10.2. The number of benzene rings is 1. The SMILES string of the molecule is C/C=C/CC(NC(=O)COc1ccccc1OCC)C(=O)O. The Labute approximate surface area is 129 Å². The van der Waals surface area contributed by atoms with Crippen LogP contribution < -0.4 is 14.8 Å². The molecule has 22 heavy (non-hydrogen) atoms. The van der Waals surface area contributed by atoms with Crippen molar-refractivity contribution in [3.63, 3.8) is 0 Å². The Morgan fingerprint density at radius 3 is 2.45 bits per heavy atom. The molecular weight excluding hydrogens is 286 g/mol. The van der Waals surface area contributed by atoms with E-state index in [4.69, 9.17) is 14.6 Å². The lowest BCUT2D eigenvalue weighted by Gasteiger charge is -2.14. The Balaban J connectivity index is 2.56. The summed E-state index contributed by atoms with van der Waals surface area (Å²) in [5.41, 5.74) is 0. The van der Waals surface area contributed by atoms with Crippen LogP contribution in [0.1, 0.15) is 20.3 Å². The standard InChI is InChI=1S/C16H21NO5/c1-3-5-8-12(16(19)20)17-15(18)11-22-14-10-7-6-9-13(14)21-4-2/h3,5-7,9-10,12H,4,8,11H2,1-2H3,(H,17,18)(H,19,20)/b5-3+. The average molecular weight is 307 g/mol. The van der Waals surface area contributed by atoms with Gasteiger partial charge in [0.05, 0.1) is 6.61 Å². The molecule has 6 nitrogen and oxygen atoms in total. The Kier molecular flexibility index (Phi) is 7.53. The highest BCUT2D eigenvalue weighted by atomic mass is 16.5. The van der Waals surface area contributed by atoms with Gasteiger partial charge in [-0.3, -0.25) is 4.79 Å². The number of aliphatic carboxylic acids is 1. The van der Waals surface area contributed by atoms with Gasteiger partial charge in [-0.1, -0.05) is 24.3 Å². The van der Waals surface area contributed by atoms with E-state index in [1.807, 2.05) is 6.92 Å². The quantitative estimate of drug-likeness (QED) is 0.682. The van der Waals surface area contributed by atoms with Crippen molar-refractivity contribution in [2.75, 3.05) is 13.2 Å². The van der Waals surface area contributed by atoms with E-state index in [-0.39, 0.29) is 13.0 Å². The van der Waals surface area contributed by atoms with Gasteiger partial charge in [-0.15, -0.1) is 0 Å². The maximum Gasteiger partial charge on any atom is 0.326 e. The van der Waals surface area contributed by atoms with Crippen molar-refractivity contribution in [3.05, 3.63) is 36.4 Å². The molecule has 0 bridgehead atoms. The second-order valence-electron chi connectivity index (χ2n) is 4.43. The predicted octanol–water partition coefficient (Wildman–Crippen LogP) is 2.00. The van der Waals surface area contributed by atoms with E-state index in [0.29, 0.717) is 18.1 Å². The first kappa shape index (κ1) is 17.6. The molecule has 1 amide bonds. The smallest absolute Gasteiger partial charge is 0.326 e. The molecule has 120 valence electrons. The second kappa shape index (κ2) is 9.44. The van der Waals surface area contributed by atoms with Crippen LogP contribution in [0.25, 0.3) is 0 Å². The molecule has 1 rings (SSSR count). The number of carboxylic acids is 1. The van der Waals surface area contributed by atoms with E-state index in [1.54, 1.807) is 43.3 Å². The third-order valence-corrected chi connectivity index (χ3v) is 2.75. The van der Waals surface area contributed by atoms with Crippen LogP contribution >= 0.6 is 0 Å². The molecule has 1 aromatic rings. The molecule has 0 saturated carbocycles. The van der Waals surface area contributed by atoms with Crippen molar-refractivity contribution in [1.82, 2.24) is 5.32 Å². The van der Waals surface area contributed by atoms with Crippen LogP contribution in [0.5, 0.6) is 11.5 Å². The van der Waals surface area contributed by atoms with Crippen molar-refractivity contribution in [2.45, 2.75) is 26.3 Å². The summed E-state index contributed by atoms with van der Waals surface area (Å²) in [5, 5.41) is 11.5. The summed E-state index contributed by atoms with van der Waals surface area (Å²) in [6, 6.07) is 6.03. The van der Waals surface area contributed by atoms with Crippen LogP contribution in [0.3, 0.4) is 0 Å². The summed E-state index contributed by atoms with van der Waals surface area (Å²) in [5.74, 6) is -0.592. The molecule has 1 aromatic carbocycles. The number of para-hydroxylation sites is 2. The third kappa shape index (κ3) is 5.87. The van der Waals surface area contributed by atoms with E-state index >= 15 is 0 Å². The lowest BCUT2D eigenvalue weighted by molar-refractivity contribution is -0.142. The molecule has 0 spiro atoms. The molecule has 0 fully saturated rings. The summed E-state index contributed by atoms with van der Waals surface area (Å²) >= 11 is 0. The van der Waals surface area contributed by atoms with Gasteiger partial charge in [0.25, 0.3) is 5.91 Å². The number of ether oxygens (including phenoxy) is 2. The normalized spacial score (nSPS) is 11.9. The number of allylic oxidation sites excluding steroid dienone is 1. The number of carboxylic acid groups (broad SMARTS) is 1. The highest BCUT2D eigenvalue weighted by Crippen LogP contribution is 2.26. The first-order valence-electron chi connectivity index (χ1n) is 7.06. The molecule has 0 saturated heterocycles. The van der Waals surface area contributed by atoms with Crippen molar-refractivity contribution < 1.29 is 24.2 Å². The maximum atomic E-state index is 11.8. The van der Waals surface area contributed by atoms with Gasteiger partial charge in [0.2, 0.25) is 0 Å². The Morgan fingerprint density at radius 2 is 1.91 bits per heavy atom. The molecule has 0 radical (unpaired) electrons. The van der Waals surface area contributed by atoms with E-state index in [2.05, 4.69) is 5.32 Å². The van der Waals surface area contributed by atoms with Crippen LogP contribution in [-0.4, -0.2) is 36.2 Å². The number of rotatable bonds is 9. The van der Waals surface area contributed by atoms with Gasteiger partial charge in [-0.2, -0.15) is 0 Å². The zero-order valence-corrected chi connectivity index (χ0v) is 12.7. The number of amides is 1. The average Bonchev–Trinajstić information content (AvgIpc) is 2.50. The monoisotopic (exact) mass is 307 g/mol. The number of hydrogen-bond acceptors (Lipinski definition) is 4. The molecule has 1 unspecified atom stereocenters. The summed E-state index contributed by atoms with van der Waals surface area (Å²) in [6.45, 7) is 3.84. The highest BCUT2D eigenvalue weighted by Gasteiger charge is 2.18. The molecule has 0 heterocycles. The molecule has 2 N–H and O–H groups in total. The first-order valence-corrected chi connectivity index (χ1v) is 7.06. The van der Waals surface area contributed by atoms with Gasteiger partial charge in [0.15, 0.2) is 18.1 Å². The van der Waals surface area contributed by atoms with Crippen LogP contribution in [-0.2, 0) is 9.59 Å². The zero-order valence-electron chi connectivity index (χ0n) is 12.7. The molecule has 0 aliphatic heterocycles. The summed E-state index contributed by atoms with van der Waals surface area (Å²) < 4.78 is 10.8. The molecule has 1 atom stereocenters. The van der Waals surface area contributed by atoms with E-state index < -0.39 is 17.9 Å². The Morgan fingerprint density at radius 1 is 1.27 bits per heavy atom. The first-order chi connectivity index (χ1) is 10.6. The number of hydrogen-bond donors (Lipinski definition) is 2. The van der Waals surface area contributed by atoms with E-state index in [9.17, 15) is 9.59 Å². The fourth-order valence-corrected chi connectivity index (χ4v) is 1.72. The summed E-state index contributed by atoms with van der Waals surface area (Å²) in [7, 11) is 0. The fraction of sp³-hybridized carbons (Fsp3) is 0.375. The van der Waals surface area contributed by atoms with Crippen LogP contribution in [0, 0.1) is 0 Å². The van der Waals surface area contributed by atoms with Gasteiger partial charge >= 0.3 is 5.97 Å². The lowest BCUT2D eigenvalue weighted by Crippen LogP contribution is -2.42. The van der Waals surface area contributed by atoms with Crippen molar-refractivity contribution >= 4 is 11.9 Å². The van der Waals surface area contributed by atoms with Crippen LogP contribution in [0.2, 0.25) is 0 Å². The number of carbonyl (C=O) groups excluding carboxylic acids is 1. The Hall–Kier alpha value is -2.50. The summed E-state index contributed by atoms with van der Waals surface area (Å²) in [4.78, 5) is 22.8. The molecular formula is C16H21NO5. The Bertz CT molecular complexity index is 527. The van der Waals surface area contributed by atoms with Gasteiger partial charge in [-0.25, -0.2) is 4.79 Å². The second-order valence-corrected chi connectivity index (χ2v) is 4.43. The van der Waals surface area contributed by atoms with Gasteiger partial charge in [0, 0.05) is 0 Å². The van der Waals surface area contributed by atoms with Gasteiger partial charge < -0.3 is 19.9 Å². The highest BCUT2D eigenvalue weighted by molar-refractivity contribution is 5.84. The number of nitrogens with one attached hydrogen (secondary N) is 1. The minimum absolute atomic E-state index is 0.229. The molecule has 0 aromatic heterocycles.